The van der Waals surface area contributed by atoms with Crippen LogP contribution in [0, 0.1) is 13.8 Å². The molecule has 1 aromatic carbocycles. The minimum Gasteiger partial charge on any atom is -0.399 e. The molecule has 1 fully saturated rings. The van der Waals surface area contributed by atoms with Crippen molar-refractivity contribution in [1.82, 2.24) is 4.98 Å². The van der Waals surface area contributed by atoms with Crippen molar-refractivity contribution in [3.05, 3.63) is 47.7 Å². The summed E-state index contributed by atoms with van der Waals surface area (Å²) in [5.41, 5.74) is 1.55. The molecule has 3 rings (SSSR count). The van der Waals surface area contributed by atoms with E-state index in [2.05, 4.69) is 9.71 Å². The summed E-state index contributed by atoms with van der Waals surface area (Å²) in [5.74, 6) is 0.288. The standard InChI is InChI=1S/C19H25BN2O4S/c1-13-7-9-16(10-8-13)27(23,24)22-17-14(2)11-15(12-21-17)20-25-18(3,4)19(5,6)26-20/h7-12H,1-6H3,(H,21,22). The fraction of sp³-hybridized carbons (Fsp3) is 0.421. The maximum Gasteiger partial charge on any atom is 0.496 e. The van der Waals surface area contributed by atoms with Crippen LogP contribution in [-0.4, -0.2) is 31.7 Å². The van der Waals surface area contributed by atoms with Gasteiger partial charge in [0.05, 0.1) is 16.1 Å². The largest absolute Gasteiger partial charge is 0.496 e. The molecule has 1 N–H and O–H groups in total. The Labute approximate surface area is 161 Å². The van der Waals surface area contributed by atoms with Crippen LogP contribution in [-0.2, 0) is 19.3 Å². The van der Waals surface area contributed by atoms with E-state index in [0.29, 0.717) is 5.56 Å². The Hall–Kier alpha value is -1.90. The Balaban J connectivity index is 1.83. The molecule has 1 aliphatic rings. The van der Waals surface area contributed by atoms with E-state index in [1.807, 2.05) is 40.7 Å². The van der Waals surface area contributed by atoms with Gasteiger partial charge in [0.2, 0.25) is 0 Å². The summed E-state index contributed by atoms with van der Waals surface area (Å²) < 4.78 is 39.8. The van der Waals surface area contributed by atoms with E-state index in [9.17, 15) is 8.42 Å². The number of benzene rings is 1. The highest BCUT2D eigenvalue weighted by Gasteiger charge is 2.51. The first-order valence-corrected chi connectivity index (χ1v) is 10.3. The van der Waals surface area contributed by atoms with Crippen LogP contribution in [0.15, 0.2) is 41.4 Å². The topological polar surface area (TPSA) is 77.5 Å². The lowest BCUT2D eigenvalue weighted by Gasteiger charge is -2.32. The Bertz CT molecular complexity index is 940. The van der Waals surface area contributed by atoms with Gasteiger partial charge in [-0.1, -0.05) is 23.8 Å². The van der Waals surface area contributed by atoms with E-state index in [1.54, 1.807) is 37.4 Å². The zero-order chi connectivity index (χ0) is 20.0. The summed E-state index contributed by atoms with van der Waals surface area (Å²) in [6.07, 6.45) is 1.59. The molecule has 0 amide bonds. The molecule has 27 heavy (non-hydrogen) atoms. The van der Waals surface area contributed by atoms with Gasteiger partial charge in [0.1, 0.15) is 5.82 Å². The molecule has 1 saturated heterocycles. The molecule has 0 bridgehead atoms. The van der Waals surface area contributed by atoms with E-state index < -0.39 is 28.3 Å². The van der Waals surface area contributed by atoms with Crippen molar-refractivity contribution >= 4 is 28.4 Å². The molecule has 0 atom stereocenters. The smallest absolute Gasteiger partial charge is 0.399 e. The molecule has 0 aliphatic carbocycles. The lowest BCUT2D eigenvalue weighted by molar-refractivity contribution is 0.00578. The number of aromatic nitrogens is 1. The van der Waals surface area contributed by atoms with Gasteiger partial charge in [-0.3, -0.25) is 4.72 Å². The molecule has 0 radical (unpaired) electrons. The Kier molecular flexibility index (Phi) is 4.86. The quantitative estimate of drug-likeness (QED) is 0.815. The van der Waals surface area contributed by atoms with Gasteiger partial charge < -0.3 is 9.31 Å². The molecule has 144 valence electrons. The number of nitrogens with zero attached hydrogens (tertiary/aromatic N) is 1. The van der Waals surface area contributed by atoms with Crippen LogP contribution in [0.5, 0.6) is 0 Å². The van der Waals surface area contributed by atoms with Gasteiger partial charge in [0, 0.05) is 11.7 Å². The predicted octanol–water partition coefficient (Wildman–Crippen LogP) is 2.80. The van der Waals surface area contributed by atoms with Crippen LogP contribution in [0.4, 0.5) is 5.82 Å². The number of nitrogens with one attached hydrogen (secondary N) is 1. The average molecular weight is 388 g/mol. The third-order valence-corrected chi connectivity index (χ3v) is 6.54. The fourth-order valence-corrected chi connectivity index (χ4v) is 3.80. The zero-order valence-corrected chi connectivity index (χ0v) is 17.3. The third-order valence-electron chi connectivity index (χ3n) is 5.19. The van der Waals surface area contributed by atoms with Crippen LogP contribution in [0.1, 0.15) is 38.8 Å². The molecule has 1 aliphatic heterocycles. The number of aryl methyl sites for hydroxylation is 2. The lowest BCUT2D eigenvalue weighted by atomic mass is 9.80. The van der Waals surface area contributed by atoms with Gasteiger partial charge in [-0.05, 0) is 59.2 Å². The molecule has 2 heterocycles. The summed E-state index contributed by atoms with van der Waals surface area (Å²) in [5, 5.41) is 0. The Morgan fingerprint density at radius 3 is 2.07 bits per heavy atom. The molecular weight excluding hydrogens is 363 g/mol. The lowest BCUT2D eigenvalue weighted by Crippen LogP contribution is -2.41. The second kappa shape index (κ2) is 6.62. The van der Waals surface area contributed by atoms with Crippen molar-refractivity contribution in [1.29, 1.82) is 0 Å². The summed E-state index contributed by atoms with van der Waals surface area (Å²) in [4.78, 5) is 4.49. The molecule has 0 saturated carbocycles. The van der Waals surface area contributed by atoms with E-state index in [4.69, 9.17) is 9.31 Å². The normalized spacial score (nSPS) is 18.5. The number of sulfonamides is 1. The summed E-state index contributed by atoms with van der Waals surface area (Å²) >= 11 is 0. The van der Waals surface area contributed by atoms with E-state index in [1.165, 1.54) is 0 Å². The van der Waals surface area contributed by atoms with Crippen LogP contribution >= 0.6 is 0 Å². The van der Waals surface area contributed by atoms with Crippen molar-refractivity contribution in [3.8, 4) is 0 Å². The second-order valence-electron chi connectivity index (χ2n) is 7.94. The SMILES string of the molecule is Cc1ccc(S(=O)(=O)Nc2ncc(B3OC(C)(C)C(C)(C)O3)cc2C)cc1. The summed E-state index contributed by atoms with van der Waals surface area (Å²) in [6, 6.07) is 8.51. The van der Waals surface area contributed by atoms with Gasteiger partial charge in [0.25, 0.3) is 10.0 Å². The van der Waals surface area contributed by atoms with Crippen molar-refractivity contribution in [3.63, 3.8) is 0 Å². The monoisotopic (exact) mass is 388 g/mol. The second-order valence-corrected chi connectivity index (χ2v) is 9.62. The Morgan fingerprint density at radius 1 is 1.00 bits per heavy atom. The molecular formula is C19H25BN2O4S. The molecule has 2 aromatic rings. The van der Waals surface area contributed by atoms with Crippen molar-refractivity contribution in [2.45, 2.75) is 57.6 Å². The van der Waals surface area contributed by atoms with Crippen molar-refractivity contribution in [2.24, 2.45) is 0 Å². The molecule has 0 unspecified atom stereocenters. The highest BCUT2D eigenvalue weighted by atomic mass is 32.2. The average Bonchev–Trinajstić information content (AvgIpc) is 2.77. The van der Waals surface area contributed by atoms with Gasteiger partial charge in [-0.25, -0.2) is 13.4 Å². The molecule has 0 spiro atoms. The minimum absolute atomic E-state index is 0.198. The first-order valence-electron chi connectivity index (χ1n) is 8.83. The van der Waals surface area contributed by atoms with Gasteiger partial charge in [-0.15, -0.1) is 0 Å². The summed E-state index contributed by atoms with van der Waals surface area (Å²) in [6.45, 7) is 11.6. The van der Waals surface area contributed by atoms with Crippen LogP contribution in [0.3, 0.4) is 0 Å². The number of hydrogen-bond donors (Lipinski definition) is 1. The number of rotatable bonds is 4. The predicted molar refractivity (Wildman–Crippen MR) is 107 cm³/mol. The highest BCUT2D eigenvalue weighted by Crippen LogP contribution is 2.36. The number of anilines is 1. The summed E-state index contributed by atoms with van der Waals surface area (Å²) in [7, 11) is -4.23. The maximum atomic E-state index is 12.6. The van der Waals surface area contributed by atoms with Crippen LogP contribution in [0.2, 0.25) is 0 Å². The van der Waals surface area contributed by atoms with Crippen molar-refractivity contribution < 1.29 is 17.7 Å². The van der Waals surface area contributed by atoms with E-state index in [-0.39, 0.29) is 10.7 Å². The highest BCUT2D eigenvalue weighted by molar-refractivity contribution is 7.92. The Morgan fingerprint density at radius 2 is 1.56 bits per heavy atom. The number of hydrogen-bond acceptors (Lipinski definition) is 5. The van der Waals surface area contributed by atoms with Gasteiger partial charge in [0.15, 0.2) is 0 Å². The maximum absolute atomic E-state index is 12.6. The molecule has 6 nitrogen and oxygen atoms in total. The first kappa shape index (κ1) is 19.9. The van der Waals surface area contributed by atoms with E-state index in [0.717, 1.165) is 11.0 Å². The molecule has 8 heteroatoms. The van der Waals surface area contributed by atoms with Crippen molar-refractivity contribution in [2.75, 3.05) is 4.72 Å². The van der Waals surface area contributed by atoms with Crippen LogP contribution in [0.25, 0.3) is 0 Å². The zero-order valence-electron chi connectivity index (χ0n) is 16.5. The van der Waals surface area contributed by atoms with Gasteiger partial charge >= 0.3 is 7.12 Å². The number of pyridine rings is 1. The third kappa shape index (κ3) is 3.88. The minimum atomic E-state index is -3.70. The first-order chi connectivity index (χ1) is 12.4. The van der Waals surface area contributed by atoms with E-state index >= 15 is 0 Å². The van der Waals surface area contributed by atoms with Crippen LogP contribution < -0.4 is 10.2 Å². The molecule has 1 aromatic heterocycles. The van der Waals surface area contributed by atoms with Gasteiger partial charge in [-0.2, -0.15) is 0 Å². The fourth-order valence-electron chi connectivity index (χ4n) is 2.72.